The number of allylic oxidation sites excluding steroid dienone is 1. The topological polar surface area (TPSA) is 70.7 Å². The number of para-hydroxylation sites is 1. The van der Waals surface area contributed by atoms with Gasteiger partial charge < -0.3 is 18.5 Å². The molecule has 0 fully saturated rings. The van der Waals surface area contributed by atoms with Gasteiger partial charge in [-0.1, -0.05) is 18.2 Å². The van der Waals surface area contributed by atoms with Crippen LogP contribution in [0.4, 0.5) is 0 Å². The molecular weight excluding hydrogens is 382 g/mol. The number of hydrogen-bond donors (Lipinski definition) is 0. The first kappa shape index (κ1) is 18.0. The maximum atomic E-state index is 12.9. The molecule has 5 rings (SSSR count). The van der Waals surface area contributed by atoms with Crippen LogP contribution >= 0.6 is 0 Å². The van der Waals surface area contributed by atoms with Crippen molar-refractivity contribution in [2.24, 2.45) is 7.05 Å². The van der Waals surface area contributed by atoms with Crippen molar-refractivity contribution in [1.82, 2.24) is 4.57 Å². The number of ketones is 1. The standard InChI is InChI=1S/C24H17NO5/c1-14-19(30-24(27)20-8-5-11-28-20)10-9-17-22(26)21(29-23(14)17)12-15-13-25(2)18-7-4-3-6-16(15)18/h3-13H,1-2H3. The molecule has 148 valence electrons. The molecule has 6 nitrogen and oxygen atoms in total. The van der Waals surface area contributed by atoms with Crippen LogP contribution in [0.2, 0.25) is 0 Å². The summed E-state index contributed by atoms with van der Waals surface area (Å²) >= 11 is 0. The summed E-state index contributed by atoms with van der Waals surface area (Å²) < 4.78 is 18.4. The smallest absolute Gasteiger partial charge is 0.379 e. The van der Waals surface area contributed by atoms with Crippen LogP contribution in [0.15, 0.2) is 71.2 Å². The Morgan fingerprint density at radius 2 is 1.93 bits per heavy atom. The molecule has 0 radical (unpaired) electrons. The third kappa shape index (κ3) is 2.81. The van der Waals surface area contributed by atoms with Gasteiger partial charge in [0, 0.05) is 35.3 Å². The molecule has 2 aromatic heterocycles. The minimum absolute atomic E-state index is 0.100. The first-order valence-corrected chi connectivity index (χ1v) is 9.40. The first-order chi connectivity index (χ1) is 14.5. The summed E-state index contributed by atoms with van der Waals surface area (Å²) in [6, 6.07) is 14.3. The molecule has 4 aromatic rings. The minimum Gasteiger partial charge on any atom is -0.457 e. The third-order valence-corrected chi connectivity index (χ3v) is 5.18. The predicted octanol–water partition coefficient (Wildman–Crippen LogP) is 4.92. The zero-order chi connectivity index (χ0) is 20.8. The molecule has 0 spiro atoms. The second kappa shape index (κ2) is 6.77. The molecule has 0 atom stereocenters. The van der Waals surface area contributed by atoms with E-state index in [9.17, 15) is 9.59 Å². The van der Waals surface area contributed by atoms with Gasteiger partial charge in [0.1, 0.15) is 11.5 Å². The average Bonchev–Trinajstić information content (AvgIpc) is 3.46. The van der Waals surface area contributed by atoms with Gasteiger partial charge in [-0.15, -0.1) is 0 Å². The molecule has 0 aliphatic carbocycles. The molecule has 0 amide bonds. The zero-order valence-electron chi connectivity index (χ0n) is 16.3. The Kier molecular flexibility index (Phi) is 4.06. The van der Waals surface area contributed by atoms with E-state index in [1.54, 1.807) is 31.2 Å². The van der Waals surface area contributed by atoms with E-state index in [1.165, 1.54) is 12.3 Å². The summed E-state index contributed by atoms with van der Waals surface area (Å²) in [6.45, 7) is 1.75. The molecule has 2 aromatic carbocycles. The molecule has 0 bridgehead atoms. The average molecular weight is 399 g/mol. The predicted molar refractivity (Wildman–Crippen MR) is 111 cm³/mol. The summed E-state index contributed by atoms with van der Waals surface area (Å²) in [5.74, 6) is 0.233. The van der Waals surface area contributed by atoms with Gasteiger partial charge >= 0.3 is 5.97 Å². The van der Waals surface area contributed by atoms with E-state index >= 15 is 0 Å². The number of Topliss-reactive ketones (excluding diaryl/α,β-unsaturated/α-hetero) is 1. The Morgan fingerprint density at radius 3 is 2.73 bits per heavy atom. The largest absolute Gasteiger partial charge is 0.457 e. The van der Waals surface area contributed by atoms with E-state index < -0.39 is 5.97 Å². The van der Waals surface area contributed by atoms with E-state index in [2.05, 4.69) is 0 Å². The number of rotatable bonds is 3. The SMILES string of the molecule is Cc1c(OC(=O)c2ccco2)ccc2c1OC(=Cc1cn(C)c3ccccc13)C2=O. The summed E-state index contributed by atoms with van der Waals surface area (Å²) in [5.41, 5.74) is 2.97. The fourth-order valence-corrected chi connectivity index (χ4v) is 3.65. The van der Waals surface area contributed by atoms with Crippen molar-refractivity contribution in [3.8, 4) is 11.5 Å². The van der Waals surface area contributed by atoms with E-state index in [0.717, 1.165) is 16.5 Å². The fourth-order valence-electron chi connectivity index (χ4n) is 3.65. The van der Waals surface area contributed by atoms with Crippen molar-refractivity contribution in [2.45, 2.75) is 6.92 Å². The number of hydrogen-bond acceptors (Lipinski definition) is 5. The Morgan fingerprint density at radius 1 is 1.10 bits per heavy atom. The summed E-state index contributed by atoms with van der Waals surface area (Å²) in [6.07, 6.45) is 5.11. The molecule has 0 unspecified atom stereocenters. The highest BCUT2D eigenvalue weighted by Crippen LogP contribution is 2.40. The minimum atomic E-state index is -0.612. The van der Waals surface area contributed by atoms with Crippen molar-refractivity contribution in [3.05, 3.63) is 89.2 Å². The number of aromatic nitrogens is 1. The molecule has 0 N–H and O–H groups in total. The number of benzene rings is 2. The summed E-state index contributed by atoms with van der Waals surface area (Å²) in [4.78, 5) is 25.1. The highest BCUT2D eigenvalue weighted by molar-refractivity contribution is 6.15. The van der Waals surface area contributed by atoms with Crippen LogP contribution in [0.5, 0.6) is 11.5 Å². The van der Waals surface area contributed by atoms with Crippen LogP contribution in [0.25, 0.3) is 17.0 Å². The number of ether oxygens (including phenoxy) is 2. The molecule has 1 aliphatic heterocycles. The molecule has 30 heavy (non-hydrogen) atoms. The molecule has 1 aliphatic rings. The number of fused-ring (bicyclic) bond motifs is 2. The number of furan rings is 1. The number of esters is 1. The van der Waals surface area contributed by atoms with Crippen LogP contribution in [0.1, 0.15) is 32.0 Å². The van der Waals surface area contributed by atoms with Gasteiger partial charge in [-0.25, -0.2) is 4.79 Å². The maximum absolute atomic E-state index is 12.9. The molecular formula is C24H17NO5. The lowest BCUT2D eigenvalue weighted by Gasteiger charge is -2.09. The van der Waals surface area contributed by atoms with Crippen LogP contribution in [0.3, 0.4) is 0 Å². The molecule has 6 heteroatoms. The number of aryl methyl sites for hydroxylation is 1. The van der Waals surface area contributed by atoms with Gasteiger partial charge in [-0.3, -0.25) is 4.79 Å². The highest BCUT2D eigenvalue weighted by Gasteiger charge is 2.31. The normalized spacial score (nSPS) is 14.2. The lowest BCUT2D eigenvalue weighted by atomic mass is 10.1. The van der Waals surface area contributed by atoms with Crippen molar-refractivity contribution in [2.75, 3.05) is 0 Å². The van der Waals surface area contributed by atoms with Crippen LogP contribution in [0, 0.1) is 6.92 Å². The van der Waals surface area contributed by atoms with Crippen LogP contribution in [-0.2, 0) is 7.05 Å². The fraction of sp³-hybridized carbons (Fsp3) is 0.0833. The third-order valence-electron chi connectivity index (χ3n) is 5.18. The summed E-state index contributed by atoms with van der Waals surface area (Å²) in [7, 11) is 1.96. The zero-order valence-corrected chi connectivity index (χ0v) is 16.3. The second-order valence-corrected chi connectivity index (χ2v) is 7.08. The number of carbonyl (C=O) groups is 2. The lowest BCUT2D eigenvalue weighted by Crippen LogP contribution is -2.08. The van der Waals surface area contributed by atoms with Crippen LogP contribution < -0.4 is 9.47 Å². The maximum Gasteiger partial charge on any atom is 0.379 e. The van der Waals surface area contributed by atoms with E-state index in [-0.39, 0.29) is 17.3 Å². The molecule has 3 heterocycles. The van der Waals surface area contributed by atoms with Gasteiger partial charge in [0.15, 0.2) is 5.76 Å². The van der Waals surface area contributed by atoms with E-state index in [0.29, 0.717) is 22.6 Å². The van der Waals surface area contributed by atoms with Gasteiger partial charge in [0.25, 0.3) is 0 Å². The number of nitrogens with zero attached hydrogens (tertiary/aromatic N) is 1. The molecule has 0 saturated carbocycles. The quantitative estimate of drug-likeness (QED) is 0.278. The Bertz CT molecular complexity index is 1340. The monoisotopic (exact) mass is 399 g/mol. The first-order valence-electron chi connectivity index (χ1n) is 9.40. The van der Waals surface area contributed by atoms with Crippen LogP contribution in [-0.4, -0.2) is 16.3 Å². The lowest BCUT2D eigenvalue weighted by molar-refractivity contribution is 0.0700. The second-order valence-electron chi connectivity index (χ2n) is 7.08. The van der Waals surface area contributed by atoms with E-state index in [1.807, 2.05) is 42.1 Å². The van der Waals surface area contributed by atoms with Gasteiger partial charge in [0.05, 0.1) is 11.8 Å². The molecule has 0 saturated heterocycles. The Labute approximate surface area is 171 Å². The van der Waals surface area contributed by atoms with Gasteiger partial charge in [0.2, 0.25) is 11.5 Å². The Balaban J connectivity index is 1.49. The van der Waals surface area contributed by atoms with Gasteiger partial charge in [-0.2, -0.15) is 0 Å². The summed E-state index contributed by atoms with van der Waals surface area (Å²) in [5, 5.41) is 1.03. The van der Waals surface area contributed by atoms with Crippen molar-refractivity contribution in [3.63, 3.8) is 0 Å². The number of carbonyl (C=O) groups excluding carboxylic acids is 2. The van der Waals surface area contributed by atoms with Gasteiger partial charge in [-0.05, 0) is 43.3 Å². The van der Waals surface area contributed by atoms with E-state index in [4.69, 9.17) is 13.9 Å². The van der Waals surface area contributed by atoms with Crippen molar-refractivity contribution in [1.29, 1.82) is 0 Å². The Hall–Kier alpha value is -4.06. The van der Waals surface area contributed by atoms with Crippen molar-refractivity contribution < 1.29 is 23.5 Å². The highest BCUT2D eigenvalue weighted by atomic mass is 16.5. The van der Waals surface area contributed by atoms with Crippen molar-refractivity contribution >= 4 is 28.7 Å².